The fourth-order valence-corrected chi connectivity index (χ4v) is 1.41. The molecule has 0 radical (unpaired) electrons. The van der Waals surface area contributed by atoms with E-state index in [2.05, 4.69) is 10.1 Å². The van der Waals surface area contributed by atoms with E-state index in [0.29, 0.717) is 5.75 Å². The Bertz CT molecular complexity index is 544. The summed E-state index contributed by atoms with van der Waals surface area (Å²) in [6, 6.07) is 8.85. The van der Waals surface area contributed by atoms with Gasteiger partial charge in [0.1, 0.15) is 11.8 Å². The summed E-state index contributed by atoms with van der Waals surface area (Å²) in [5.74, 6) is -0.0628. The summed E-state index contributed by atoms with van der Waals surface area (Å²) in [7, 11) is 1.30. The first-order valence-electron chi connectivity index (χ1n) is 6.28. The highest BCUT2D eigenvalue weighted by Crippen LogP contribution is 2.12. The number of hydrogen-bond acceptors (Lipinski definition) is 5. The first kappa shape index (κ1) is 16.2. The molecular formula is C15H16N2O4. The van der Waals surface area contributed by atoms with E-state index in [9.17, 15) is 9.59 Å². The molecule has 1 N–H and O–H groups in total. The summed E-state index contributed by atoms with van der Waals surface area (Å²) in [4.78, 5) is 22.3. The van der Waals surface area contributed by atoms with Gasteiger partial charge in [0.05, 0.1) is 13.5 Å². The van der Waals surface area contributed by atoms with Crippen molar-refractivity contribution in [3.8, 4) is 11.8 Å². The molecule has 0 aromatic heterocycles. The summed E-state index contributed by atoms with van der Waals surface area (Å²) in [5.41, 5.74) is 0.822. The molecule has 1 aromatic carbocycles. The van der Waals surface area contributed by atoms with Crippen molar-refractivity contribution >= 4 is 18.0 Å². The number of hydrogen-bond donors (Lipinski definition) is 1. The number of rotatable bonds is 7. The Kier molecular flexibility index (Phi) is 7.08. The van der Waals surface area contributed by atoms with Gasteiger partial charge in [-0.25, -0.2) is 0 Å². The number of nitrogens with zero attached hydrogens (tertiary/aromatic N) is 1. The lowest BCUT2D eigenvalue weighted by Gasteiger charge is -2.02. The number of carbonyl (C=O) groups is 2. The van der Waals surface area contributed by atoms with Crippen molar-refractivity contribution in [1.29, 1.82) is 5.26 Å². The van der Waals surface area contributed by atoms with E-state index in [0.717, 1.165) is 5.56 Å². The van der Waals surface area contributed by atoms with Crippen LogP contribution in [-0.2, 0) is 14.3 Å². The molecule has 0 aliphatic carbocycles. The van der Waals surface area contributed by atoms with E-state index in [1.807, 2.05) is 6.07 Å². The highest BCUT2D eigenvalue weighted by atomic mass is 16.5. The minimum atomic E-state index is -0.368. The highest BCUT2D eigenvalue weighted by Gasteiger charge is 2.01. The van der Waals surface area contributed by atoms with Crippen LogP contribution in [-0.4, -0.2) is 32.1 Å². The van der Waals surface area contributed by atoms with Crippen molar-refractivity contribution in [1.82, 2.24) is 5.32 Å². The van der Waals surface area contributed by atoms with E-state index in [1.165, 1.54) is 13.2 Å². The zero-order valence-corrected chi connectivity index (χ0v) is 11.7. The number of nitriles is 1. The smallest absolute Gasteiger partial charge is 0.307 e. The van der Waals surface area contributed by atoms with E-state index < -0.39 is 0 Å². The third kappa shape index (κ3) is 6.78. The van der Waals surface area contributed by atoms with Crippen LogP contribution in [0.5, 0.6) is 5.75 Å². The summed E-state index contributed by atoms with van der Waals surface area (Å²) in [6.45, 7) is 0.231. The lowest BCUT2D eigenvalue weighted by Crippen LogP contribution is -2.24. The molecule has 21 heavy (non-hydrogen) atoms. The predicted molar refractivity (Wildman–Crippen MR) is 76.2 cm³/mol. The van der Waals surface area contributed by atoms with Crippen molar-refractivity contribution < 1.29 is 19.1 Å². The van der Waals surface area contributed by atoms with Crippen LogP contribution >= 0.6 is 0 Å². The molecule has 0 spiro atoms. The average molecular weight is 288 g/mol. The topological polar surface area (TPSA) is 88.4 Å². The Morgan fingerprint density at radius 2 is 2.05 bits per heavy atom. The molecule has 0 atom stereocenters. The Morgan fingerprint density at radius 1 is 1.33 bits per heavy atom. The second kappa shape index (κ2) is 9.15. The molecule has 0 heterocycles. The molecule has 6 nitrogen and oxygen atoms in total. The Hall–Kier alpha value is -2.81. The van der Waals surface area contributed by atoms with Crippen LogP contribution in [0.25, 0.3) is 6.08 Å². The molecule has 110 valence electrons. The van der Waals surface area contributed by atoms with Crippen molar-refractivity contribution in [2.24, 2.45) is 0 Å². The number of nitrogens with one attached hydrogen (secondary N) is 1. The van der Waals surface area contributed by atoms with Crippen LogP contribution in [0.3, 0.4) is 0 Å². The SMILES string of the molecule is COC(=O)CCNC(=O)/C=C/c1ccc(OCC#N)cc1. The quantitative estimate of drug-likeness (QED) is 0.603. The van der Waals surface area contributed by atoms with Crippen molar-refractivity contribution in [2.75, 3.05) is 20.3 Å². The van der Waals surface area contributed by atoms with E-state index in [4.69, 9.17) is 10.00 Å². The van der Waals surface area contributed by atoms with Gasteiger partial charge in [0.15, 0.2) is 6.61 Å². The molecule has 0 saturated carbocycles. The molecule has 0 saturated heterocycles. The molecule has 0 unspecified atom stereocenters. The zero-order valence-electron chi connectivity index (χ0n) is 11.7. The van der Waals surface area contributed by atoms with Gasteiger partial charge in [-0.3, -0.25) is 9.59 Å². The van der Waals surface area contributed by atoms with E-state index in [-0.39, 0.29) is 31.4 Å². The van der Waals surface area contributed by atoms with Gasteiger partial charge in [0.2, 0.25) is 5.91 Å². The molecule has 0 bridgehead atoms. The molecule has 0 aliphatic heterocycles. The van der Waals surface area contributed by atoms with Gasteiger partial charge in [-0.05, 0) is 23.8 Å². The third-order valence-corrected chi connectivity index (χ3v) is 2.47. The minimum Gasteiger partial charge on any atom is -0.479 e. The van der Waals surface area contributed by atoms with Gasteiger partial charge in [-0.1, -0.05) is 12.1 Å². The normalized spacial score (nSPS) is 9.90. The van der Waals surface area contributed by atoms with Crippen LogP contribution in [0.2, 0.25) is 0 Å². The fourth-order valence-electron chi connectivity index (χ4n) is 1.41. The second-order valence-electron chi connectivity index (χ2n) is 3.97. The summed E-state index contributed by atoms with van der Waals surface area (Å²) < 4.78 is 9.57. The van der Waals surface area contributed by atoms with Gasteiger partial charge >= 0.3 is 5.97 Å². The lowest BCUT2D eigenvalue weighted by molar-refractivity contribution is -0.140. The average Bonchev–Trinajstić information content (AvgIpc) is 2.51. The van der Waals surface area contributed by atoms with E-state index in [1.54, 1.807) is 30.3 Å². The van der Waals surface area contributed by atoms with Crippen molar-refractivity contribution in [3.05, 3.63) is 35.9 Å². The van der Waals surface area contributed by atoms with Gasteiger partial charge in [0.25, 0.3) is 0 Å². The summed E-state index contributed by atoms with van der Waals surface area (Å²) in [6.07, 6.45) is 3.16. The maximum atomic E-state index is 11.5. The minimum absolute atomic E-state index is 0.00220. The number of carbonyl (C=O) groups excluding carboxylic acids is 2. The Morgan fingerprint density at radius 3 is 2.67 bits per heavy atom. The van der Waals surface area contributed by atoms with Crippen molar-refractivity contribution in [3.63, 3.8) is 0 Å². The maximum absolute atomic E-state index is 11.5. The number of methoxy groups -OCH3 is 1. The second-order valence-corrected chi connectivity index (χ2v) is 3.97. The highest BCUT2D eigenvalue weighted by molar-refractivity contribution is 5.91. The van der Waals surface area contributed by atoms with Gasteiger partial charge in [-0.15, -0.1) is 0 Å². The largest absolute Gasteiger partial charge is 0.479 e. The molecule has 1 amide bonds. The van der Waals surface area contributed by atoms with Crippen molar-refractivity contribution in [2.45, 2.75) is 6.42 Å². The maximum Gasteiger partial charge on any atom is 0.307 e. The lowest BCUT2D eigenvalue weighted by atomic mass is 10.2. The van der Waals surface area contributed by atoms with Crippen LogP contribution < -0.4 is 10.1 Å². The molecule has 1 rings (SSSR count). The number of ether oxygens (including phenoxy) is 2. The number of esters is 1. The molecule has 1 aromatic rings. The molecular weight excluding hydrogens is 272 g/mol. The Labute approximate surface area is 123 Å². The van der Waals surface area contributed by atoms with Crippen LogP contribution in [0, 0.1) is 11.3 Å². The van der Waals surface area contributed by atoms with Crippen LogP contribution in [0.4, 0.5) is 0 Å². The molecule has 0 aliphatic rings. The van der Waals surface area contributed by atoms with Crippen LogP contribution in [0.15, 0.2) is 30.3 Å². The van der Waals surface area contributed by atoms with E-state index >= 15 is 0 Å². The predicted octanol–water partition coefficient (Wildman–Crippen LogP) is 1.28. The Balaban J connectivity index is 2.39. The van der Waals surface area contributed by atoms with Gasteiger partial charge in [-0.2, -0.15) is 5.26 Å². The summed E-state index contributed by atoms with van der Waals surface area (Å²) in [5, 5.41) is 11.0. The zero-order chi connectivity index (χ0) is 15.5. The molecule has 6 heteroatoms. The van der Waals surface area contributed by atoms with Crippen LogP contribution in [0.1, 0.15) is 12.0 Å². The first-order chi connectivity index (χ1) is 10.2. The third-order valence-electron chi connectivity index (χ3n) is 2.47. The standard InChI is InChI=1S/C15H16N2O4/c1-20-15(19)8-10-17-14(18)7-4-12-2-5-13(6-3-12)21-11-9-16/h2-7H,8,10-11H2,1H3,(H,17,18)/b7-4+. The fraction of sp³-hybridized carbons (Fsp3) is 0.267. The van der Waals surface area contributed by atoms with Gasteiger partial charge in [0, 0.05) is 12.6 Å². The molecule has 0 fully saturated rings. The number of benzene rings is 1. The number of amides is 1. The summed E-state index contributed by atoms with van der Waals surface area (Å²) >= 11 is 0. The first-order valence-corrected chi connectivity index (χ1v) is 6.28. The monoisotopic (exact) mass is 288 g/mol. The van der Waals surface area contributed by atoms with Gasteiger partial charge < -0.3 is 14.8 Å².